The third-order valence-corrected chi connectivity index (χ3v) is 3.94. The summed E-state index contributed by atoms with van der Waals surface area (Å²) in [7, 11) is 0. The zero-order valence-electron chi connectivity index (χ0n) is 13.6. The van der Waals surface area contributed by atoms with E-state index in [9.17, 15) is 9.90 Å². The van der Waals surface area contributed by atoms with Crippen LogP contribution in [0.4, 0.5) is 0 Å². The molecule has 0 bridgehead atoms. The summed E-state index contributed by atoms with van der Waals surface area (Å²) in [6.07, 6.45) is 0. The molecule has 0 spiro atoms. The van der Waals surface area contributed by atoms with Crippen LogP contribution in [0.5, 0.6) is 5.75 Å². The normalized spacial score (nSPS) is 11.8. The van der Waals surface area contributed by atoms with E-state index in [-0.39, 0.29) is 16.9 Å². The van der Waals surface area contributed by atoms with Crippen molar-refractivity contribution in [2.75, 3.05) is 13.1 Å². The smallest absolute Gasteiger partial charge is 0.268 e. The largest absolute Gasteiger partial charge is 0.506 e. The van der Waals surface area contributed by atoms with Gasteiger partial charge in [0.2, 0.25) is 0 Å². The fraction of sp³-hybridized carbons (Fsp3) is 0.158. The maximum absolute atomic E-state index is 13.1. The van der Waals surface area contributed by atoms with Crippen molar-refractivity contribution in [3.05, 3.63) is 70.5 Å². The summed E-state index contributed by atoms with van der Waals surface area (Å²) in [5, 5.41) is 11.3. The Morgan fingerprint density at radius 2 is 1.79 bits per heavy atom. The van der Waals surface area contributed by atoms with Gasteiger partial charge in [-0.25, -0.2) is 0 Å². The fourth-order valence-corrected chi connectivity index (χ4v) is 2.81. The summed E-state index contributed by atoms with van der Waals surface area (Å²) in [4.78, 5) is 17.5. The molecule has 4 N–H and O–H groups in total. The van der Waals surface area contributed by atoms with Crippen molar-refractivity contribution in [2.24, 2.45) is 4.99 Å². The highest BCUT2D eigenvalue weighted by molar-refractivity contribution is 6.05. The molecule has 2 aromatic carbocycles. The molecule has 0 unspecified atom stereocenters. The number of nitrogens with zero attached hydrogens (tertiary/aromatic N) is 2. The summed E-state index contributed by atoms with van der Waals surface area (Å²) in [6.45, 7) is 2.90. The number of quaternary nitrogens is 1. The molecule has 3 aromatic rings. The molecule has 24 heavy (non-hydrogen) atoms. The first-order valence-corrected chi connectivity index (χ1v) is 7.88. The maximum atomic E-state index is 13.1. The Morgan fingerprint density at radius 3 is 2.50 bits per heavy atom. The van der Waals surface area contributed by atoms with Crippen molar-refractivity contribution in [1.82, 2.24) is 4.57 Å². The van der Waals surface area contributed by atoms with Gasteiger partial charge < -0.3 is 10.8 Å². The Balaban J connectivity index is 2.41. The third kappa shape index (κ3) is 2.70. The number of pyridine rings is 1. The highest BCUT2D eigenvalue weighted by Crippen LogP contribution is 2.28. The van der Waals surface area contributed by atoms with Gasteiger partial charge in [0.25, 0.3) is 5.56 Å². The van der Waals surface area contributed by atoms with Crippen LogP contribution < -0.4 is 11.3 Å². The summed E-state index contributed by atoms with van der Waals surface area (Å²) >= 11 is 0. The first kappa shape index (κ1) is 16.0. The molecule has 5 nitrogen and oxygen atoms in total. The van der Waals surface area contributed by atoms with Crippen LogP contribution in [-0.4, -0.2) is 28.5 Å². The molecular formula is C19H20N3O2+. The van der Waals surface area contributed by atoms with Gasteiger partial charge in [0.1, 0.15) is 11.3 Å². The van der Waals surface area contributed by atoms with Crippen LogP contribution >= 0.6 is 0 Å². The van der Waals surface area contributed by atoms with E-state index in [1.165, 1.54) is 0 Å². The molecule has 122 valence electrons. The molecule has 0 fully saturated rings. The van der Waals surface area contributed by atoms with Gasteiger partial charge in [-0.05, 0) is 31.2 Å². The number of para-hydroxylation sites is 2. The van der Waals surface area contributed by atoms with Crippen molar-refractivity contribution < 1.29 is 10.8 Å². The van der Waals surface area contributed by atoms with E-state index >= 15 is 0 Å². The number of benzene rings is 2. The van der Waals surface area contributed by atoms with Crippen LogP contribution in [0.15, 0.2) is 64.4 Å². The van der Waals surface area contributed by atoms with E-state index in [1.807, 2.05) is 54.6 Å². The fourth-order valence-electron chi connectivity index (χ4n) is 2.81. The SMILES string of the molecule is CC(=NCC[NH3+])c1c(O)c2ccccc2n(-c2ccccc2)c1=O. The second kappa shape index (κ2) is 6.68. The molecule has 5 heteroatoms. The predicted octanol–water partition coefficient (Wildman–Crippen LogP) is 1.75. The van der Waals surface area contributed by atoms with Crippen molar-refractivity contribution in [1.29, 1.82) is 0 Å². The quantitative estimate of drug-likeness (QED) is 0.717. The molecule has 0 amide bonds. The van der Waals surface area contributed by atoms with Crippen LogP contribution in [0.25, 0.3) is 16.6 Å². The van der Waals surface area contributed by atoms with Crippen molar-refractivity contribution in [3.63, 3.8) is 0 Å². The van der Waals surface area contributed by atoms with Gasteiger partial charge in [-0.1, -0.05) is 30.3 Å². The number of hydrogen-bond acceptors (Lipinski definition) is 3. The lowest BCUT2D eigenvalue weighted by Crippen LogP contribution is -2.51. The zero-order valence-corrected chi connectivity index (χ0v) is 13.6. The minimum absolute atomic E-state index is 0.0203. The van der Waals surface area contributed by atoms with Gasteiger partial charge in [-0.3, -0.25) is 14.4 Å². The second-order valence-corrected chi connectivity index (χ2v) is 5.54. The van der Waals surface area contributed by atoms with Crippen LogP contribution in [0.1, 0.15) is 12.5 Å². The Bertz CT molecular complexity index is 960. The predicted molar refractivity (Wildman–Crippen MR) is 96.0 cm³/mol. The highest BCUT2D eigenvalue weighted by atomic mass is 16.3. The average molecular weight is 322 g/mol. The summed E-state index contributed by atoms with van der Waals surface area (Å²) in [6, 6.07) is 16.7. The molecule has 0 aliphatic heterocycles. The van der Waals surface area contributed by atoms with Gasteiger partial charge in [0.05, 0.1) is 18.6 Å². The summed E-state index contributed by atoms with van der Waals surface area (Å²) in [5.41, 5.74) is 5.67. The minimum Gasteiger partial charge on any atom is -0.506 e. The number of rotatable bonds is 4. The molecule has 0 atom stereocenters. The number of hydrogen-bond donors (Lipinski definition) is 2. The Kier molecular flexibility index (Phi) is 4.44. The van der Waals surface area contributed by atoms with Gasteiger partial charge in [0.15, 0.2) is 0 Å². The molecule has 0 radical (unpaired) electrons. The first-order chi connectivity index (χ1) is 11.6. The average Bonchev–Trinajstić information content (AvgIpc) is 2.61. The van der Waals surface area contributed by atoms with Gasteiger partial charge >= 0.3 is 0 Å². The zero-order chi connectivity index (χ0) is 17.1. The minimum atomic E-state index is -0.275. The lowest BCUT2D eigenvalue weighted by molar-refractivity contribution is -0.363. The van der Waals surface area contributed by atoms with E-state index in [4.69, 9.17) is 0 Å². The molecule has 1 heterocycles. The van der Waals surface area contributed by atoms with E-state index in [2.05, 4.69) is 10.7 Å². The van der Waals surface area contributed by atoms with E-state index in [1.54, 1.807) is 11.5 Å². The van der Waals surface area contributed by atoms with E-state index in [0.29, 0.717) is 29.7 Å². The monoisotopic (exact) mass is 322 g/mol. The molecule has 0 aliphatic carbocycles. The standard InChI is InChI=1S/C19H19N3O2/c1-13(21-12-11-20)17-18(23)15-9-5-6-10-16(15)22(19(17)24)14-7-3-2-4-8-14/h2-10,23H,11-12,20H2,1H3/p+1. The molecule has 3 rings (SSSR count). The Hall–Kier alpha value is -2.92. The van der Waals surface area contributed by atoms with Crippen LogP contribution in [0, 0.1) is 0 Å². The lowest BCUT2D eigenvalue weighted by atomic mass is 10.1. The topological polar surface area (TPSA) is 82.2 Å². The summed E-state index contributed by atoms with van der Waals surface area (Å²) < 4.78 is 1.62. The van der Waals surface area contributed by atoms with Crippen molar-refractivity contribution in [3.8, 4) is 11.4 Å². The number of fused-ring (bicyclic) bond motifs is 1. The van der Waals surface area contributed by atoms with Crippen molar-refractivity contribution in [2.45, 2.75) is 6.92 Å². The first-order valence-electron chi connectivity index (χ1n) is 7.88. The Morgan fingerprint density at radius 1 is 1.12 bits per heavy atom. The number of aromatic hydroxyl groups is 1. The van der Waals surface area contributed by atoms with Gasteiger partial charge in [-0.2, -0.15) is 0 Å². The molecular weight excluding hydrogens is 302 g/mol. The molecule has 0 saturated heterocycles. The van der Waals surface area contributed by atoms with Crippen LogP contribution in [-0.2, 0) is 0 Å². The Labute approximate surface area is 139 Å². The number of aromatic nitrogens is 1. The lowest BCUT2D eigenvalue weighted by Gasteiger charge is -2.15. The molecule has 1 aromatic heterocycles. The third-order valence-electron chi connectivity index (χ3n) is 3.94. The van der Waals surface area contributed by atoms with Crippen LogP contribution in [0.3, 0.4) is 0 Å². The van der Waals surface area contributed by atoms with Gasteiger partial charge in [0, 0.05) is 16.8 Å². The van der Waals surface area contributed by atoms with E-state index < -0.39 is 0 Å². The van der Waals surface area contributed by atoms with E-state index in [0.717, 1.165) is 5.69 Å². The van der Waals surface area contributed by atoms with Crippen molar-refractivity contribution >= 4 is 16.6 Å². The summed E-state index contributed by atoms with van der Waals surface area (Å²) in [5.74, 6) is -0.0203. The maximum Gasteiger partial charge on any atom is 0.268 e. The van der Waals surface area contributed by atoms with Crippen LogP contribution in [0.2, 0.25) is 0 Å². The molecule has 0 aliphatic rings. The van der Waals surface area contributed by atoms with Gasteiger partial charge in [-0.15, -0.1) is 0 Å². The number of aliphatic imine (C=N–C) groups is 1. The second-order valence-electron chi connectivity index (χ2n) is 5.54. The highest BCUT2D eigenvalue weighted by Gasteiger charge is 2.18. The molecule has 0 saturated carbocycles.